The topological polar surface area (TPSA) is 52.6 Å². The van der Waals surface area contributed by atoms with Crippen LogP contribution in [-0.4, -0.2) is 60.0 Å². The van der Waals surface area contributed by atoms with Crippen molar-refractivity contribution in [2.75, 3.05) is 49.1 Å². The molecule has 130 valence electrons. The minimum Gasteiger partial charge on any atom is -0.338 e. The number of hydrogen-bond acceptors (Lipinski definition) is 5. The molecule has 1 fully saturated rings. The third kappa shape index (κ3) is 3.49. The highest BCUT2D eigenvalue weighted by Crippen LogP contribution is 2.27. The maximum atomic E-state index is 12.3. The van der Waals surface area contributed by atoms with E-state index >= 15 is 0 Å². The summed E-state index contributed by atoms with van der Waals surface area (Å²) in [5, 5.41) is 0. The Morgan fingerprint density at radius 2 is 1.64 bits per heavy atom. The van der Waals surface area contributed by atoms with Crippen LogP contribution in [0.4, 0.5) is 11.6 Å². The van der Waals surface area contributed by atoms with Crippen molar-refractivity contribution in [3.63, 3.8) is 0 Å². The summed E-state index contributed by atoms with van der Waals surface area (Å²) in [6.07, 6.45) is 5.06. The molecule has 2 aromatic rings. The van der Waals surface area contributed by atoms with Gasteiger partial charge < -0.3 is 9.80 Å². The Kier molecular flexibility index (Phi) is 4.61. The van der Waals surface area contributed by atoms with Crippen molar-refractivity contribution >= 4 is 17.5 Å². The largest absolute Gasteiger partial charge is 0.338 e. The number of piperazine rings is 1. The quantitative estimate of drug-likeness (QED) is 0.848. The minimum atomic E-state index is 0.245. The van der Waals surface area contributed by atoms with E-state index in [2.05, 4.69) is 38.0 Å². The predicted molar refractivity (Wildman–Crippen MR) is 97.8 cm³/mol. The molecule has 4 rings (SSSR count). The highest BCUT2D eigenvalue weighted by atomic mass is 16.2. The van der Waals surface area contributed by atoms with Crippen molar-refractivity contribution in [1.82, 2.24) is 14.9 Å². The van der Waals surface area contributed by atoms with E-state index in [9.17, 15) is 4.79 Å². The summed E-state index contributed by atoms with van der Waals surface area (Å²) in [5.41, 5.74) is 2.38. The highest BCUT2D eigenvalue weighted by molar-refractivity contribution is 5.96. The molecule has 0 N–H and O–H groups in total. The maximum Gasteiger partial charge on any atom is 0.227 e. The second-order valence-corrected chi connectivity index (χ2v) is 6.55. The lowest BCUT2D eigenvalue weighted by molar-refractivity contribution is -0.118. The molecule has 1 amide bonds. The second-order valence-electron chi connectivity index (χ2n) is 6.55. The first-order chi connectivity index (χ1) is 12.3. The van der Waals surface area contributed by atoms with E-state index in [1.165, 1.54) is 5.56 Å². The first kappa shape index (κ1) is 16.0. The average Bonchev–Trinajstić information content (AvgIpc) is 2.68. The van der Waals surface area contributed by atoms with Gasteiger partial charge in [0.1, 0.15) is 0 Å². The Hall–Kier alpha value is -2.47. The van der Waals surface area contributed by atoms with E-state index in [0.29, 0.717) is 6.42 Å². The predicted octanol–water partition coefficient (Wildman–Crippen LogP) is 1.58. The molecule has 0 bridgehead atoms. The van der Waals surface area contributed by atoms with Crippen LogP contribution in [0.2, 0.25) is 0 Å². The summed E-state index contributed by atoms with van der Waals surface area (Å²) in [6.45, 7) is 5.47. The van der Waals surface area contributed by atoms with Gasteiger partial charge in [-0.05, 0) is 24.1 Å². The van der Waals surface area contributed by atoms with Crippen molar-refractivity contribution < 1.29 is 4.79 Å². The lowest BCUT2D eigenvalue weighted by atomic mass is 10.0. The number of fused-ring (bicyclic) bond motifs is 1. The van der Waals surface area contributed by atoms with Gasteiger partial charge in [0.2, 0.25) is 11.9 Å². The Morgan fingerprint density at radius 1 is 0.880 bits per heavy atom. The van der Waals surface area contributed by atoms with Gasteiger partial charge in [-0.25, -0.2) is 9.97 Å². The molecule has 0 spiro atoms. The van der Waals surface area contributed by atoms with E-state index in [4.69, 9.17) is 0 Å². The van der Waals surface area contributed by atoms with Gasteiger partial charge in [-0.2, -0.15) is 0 Å². The van der Waals surface area contributed by atoms with Gasteiger partial charge in [0.15, 0.2) is 0 Å². The van der Waals surface area contributed by atoms with Crippen molar-refractivity contribution in [1.29, 1.82) is 0 Å². The Balaban J connectivity index is 1.33. The molecule has 1 aromatic heterocycles. The molecular formula is C19H23N5O. The zero-order chi connectivity index (χ0) is 17.1. The van der Waals surface area contributed by atoms with Crippen molar-refractivity contribution in [2.45, 2.75) is 12.8 Å². The molecule has 6 nitrogen and oxygen atoms in total. The van der Waals surface area contributed by atoms with Crippen LogP contribution < -0.4 is 9.80 Å². The van der Waals surface area contributed by atoms with Crippen molar-refractivity contribution in [2.24, 2.45) is 0 Å². The summed E-state index contributed by atoms with van der Waals surface area (Å²) >= 11 is 0. The van der Waals surface area contributed by atoms with E-state index in [-0.39, 0.29) is 5.91 Å². The molecule has 0 unspecified atom stereocenters. The van der Waals surface area contributed by atoms with Crippen LogP contribution in [-0.2, 0) is 11.2 Å². The number of carbonyl (C=O) groups excluding carboxylic acids is 1. The lowest BCUT2D eigenvalue weighted by Gasteiger charge is -2.36. The van der Waals surface area contributed by atoms with Crippen LogP contribution in [0.3, 0.4) is 0 Å². The monoisotopic (exact) mass is 337 g/mol. The zero-order valence-corrected chi connectivity index (χ0v) is 14.3. The number of anilines is 2. The first-order valence-electron chi connectivity index (χ1n) is 8.94. The number of rotatable bonds is 4. The number of para-hydroxylation sites is 1. The van der Waals surface area contributed by atoms with Gasteiger partial charge in [-0.15, -0.1) is 0 Å². The second kappa shape index (κ2) is 7.19. The van der Waals surface area contributed by atoms with E-state index in [1.54, 1.807) is 12.4 Å². The molecular weight excluding hydrogens is 314 g/mol. The number of benzene rings is 1. The molecule has 3 heterocycles. The number of aromatic nitrogens is 2. The molecule has 2 aliphatic rings. The molecule has 6 heteroatoms. The molecule has 0 atom stereocenters. The molecule has 1 saturated heterocycles. The third-order valence-electron chi connectivity index (χ3n) is 5.04. The van der Waals surface area contributed by atoms with Crippen molar-refractivity contribution in [3.05, 3.63) is 48.3 Å². The Bertz CT molecular complexity index is 728. The van der Waals surface area contributed by atoms with E-state index in [1.807, 2.05) is 17.0 Å². The SMILES string of the molecule is O=C1CCc2ccccc2N1CCN1CCN(c2ncccn2)CC1. The van der Waals surface area contributed by atoms with Crippen LogP contribution in [0.1, 0.15) is 12.0 Å². The normalized spacial score (nSPS) is 18.3. The number of amides is 1. The average molecular weight is 337 g/mol. The van der Waals surface area contributed by atoms with Crippen LogP contribution >= 0.6 is 0 Å². The number of aryl methyl sites for hydroxylation is 1. The standard InChI is InChI=1S/C19H23N5O/c25-18-7-6-16-4-1-2-5-17(16)24(18)15-12-22-10-13-23(14-11-22)19-20-8-3-9-21-19/h1-5,8-9H,6-7,10-15H2. The molecule has 1 aromatic carbocycles. The van der Waals surface area contributed by atoms with Crippen LogP contribution in [0.15, 0.2) is 42.7 Å². The fraction of sp³-hybridized carbons (Fsp3) is 0.421. The lowest BCUT2D eigenvalue weighted by Crippen LogP contribution is -2.50. The Morgan fingerprint density at radius 3 is 2.44 bits per heavy atom. The van der Waals surface area contributed by atoms with Crippen LogP contribution in [0.5, 0.6) is 0 Å². The number of hydrogen-bond donors (Lipinski definition) is 0. The summed E-state index contributed by atoms with van der Waals surface area (Å²) < 4.78 is 0. The number of nitrogens with zero attached hydrogens (tertiary/aromatic N) is 5. The van der Waals surface area contributed by atoms with E-state index in [0.717, 1.165) is 57.3 Å². The van der Waals surface area contributed by atoms with Gasteiger partial charge in [-0.3, -0.25) is 9.69 Å². The van der Waals surface area contributed by atoms with Crippen LogP contribution in [0.25, 0.3) is 0 Å². The molecule has 0 aliphatic carbocycles. The minimum absolute atomic E-state index is 0.245. The van der Waals surface area contributed by atoms with Crippen molar-refractivity contribution in [3.8, 4) is 0 Å². The Labute approximate surface area is 148 Å². The van der Waals surface area contributed by atoms with Gasteiger partial charge in [0, 0.05) is 63.8 Å². The number of carbonyl (C=O) groups is 1. The summed E-state index contributed by atoms with van der Waals surface area (Å²) in [5.74, 6) is 1.05. The smallest absolute Gasteiger partial charge is 0.227 e. The van der Waals surface area contributed by atoms with Crippen LogP contribution in [0, 0.1) is 0 Å². The fourth-order valence-corrected chi connectivity index (χ4v) is 3.61. The molecule has 0 saturated carbocycles. The van der Waals surface area contributed by atoms with Gasteiger partial charge in [-0.1, -0.05) is 18.2 Å². The zero-order valence-electron chi connectivity index (χ0n) is 14.3. The van der Waals surface area contributed by atoms with E-state index < -0.39 is 0 Å². The fourth-order valence-electron chi connectivity index (χ4n) is 3.61. The molecule has 2 aliphatic heterocycles. The maximum absolute atomic E-state index is 12.3. The third-order valence-corrected chi connectivity index (χ3v) is 5.04. The molecule has 0 radical (unpaired) electrons. The molecule has 25 heavy (non-hydrogen) atoms. The summed E-state index contributed by atoms with van der Waals surface area (Å²) in [4.78, 5) is 27.6. The highest BCUT2D eigenvalue weighted by Gasteiger charge is 2.25. The van der Waals surface area contributed by atoms with Gasteiger partial charge >= 0.3 is 0 Å². The van der Waals surface area contributed by atoms with Gasteiger partial charge in [0.05, 0.1) is 0 Å². The summed E-state index contributed by atoms with van der Waals surface area (Å²) in [6, 6.07) is 10.1. The first-order valence-corrected chi connectivity index (χ1v) is 8.94. The van der Waals surface area contributed by atoms with Gasteiger partial charge in [0.25, 0.3) is 0 Å². The summed E-state index contributed by atoms with van der Waals surface area (Å²) in [7, 11) is 0.